The quantitative estimate of drug-likeness (QED) is 0.739. The lowest BCUT2D eigenvalue weighted by atomic mass is 9.84. The van der Waals surface area contributed by atoms with E-state index in [1.165, 1.54) is 0 Å². The number of amides is 1. The van der Waals surface area contributed by atoms with Crippen molar-refractivity contribution in [1.82, 2.24) is 5.16 Å². The van der Waals surface area contributed by atoms with Crippen LogP contribution in [0.3, 0.4) is 0 Å². The van der Waals surface area contributed by atoms with Gasteiger partial charge in [-0.2, -0.15) is 0 Å². The minimum atomic E-state index is -3.24. The van der Waals surface area contributed by atoms with Gasteiger partial charge in [-0.25, -0.2) is 8.42 Å². The van der Waals surface area contributed by atoms with Crippen LogP contribution in [-0.4, -0.2) is 37.9 Å². The lowest BCUT2D eigenvalue weighted by Crippen LogP contribution is -2.26. The molecule has 2 aromatic rings. The average molecular weight is 419 g/mol. The van der Waals surface area contributed by atoms with E-state index in [9.17, 15) is 13.2 Å². The van der Waals surface area contributed by atoms with Gasteiger partial charge in [0.1, 0.15) is 5.76 Å². The zero-order valence-corrected chi connectivity index (χ0v) is 17.3. The SMILES string of the molecule is Cc1cc(NC(=O)C(CC2CCOCC2)c2ccc(S(=O)(=O)C3CC3)cc2)no1. The smallest absolute Gasteiger partial charge is 0.233 e. The Morgan fingerprint density at radius 3 is 2.45 bits per heavy atom. The Labute approximate surface area is 170 Å². The summed E-state index contributed by atoms with van der Waals surface area (Å²) in [5.74, 6) is 0.831. The van der Waals surface area contributed by atoms with E-state index in [1.54, 1.807) is 37.3 Å². The molecule has 1 unspecified atom stereocenters. The molecule has 8 heteroatoms. The zero-order valence-electron chi connectivity index (χ0n) is 16.5. The van der Waals surface area contributed by atoms with Gasteiger partial charge in [0, 0.05) is 19.3 Å². The molecule has 1 saturated heterocycles. The predicted octanol–water partition coefficient (Wildman–Crippen LogP) is 3.46. The van der Waals surface area contributed by atoms with Crippen molar-refractivity contribution < 1.29 is 22.5 Å². The number of nitrogens with zero attached hydrogens (tertiary/aromatic N) is 1. The molecule has 1 aliphatic carbocycles. The van der Waals surface area contributed by atoms with Gasteiger partial charge in [-0.05, 0) is 62.6 Å². The lowest BCUT2D eigenvalue weighted by Gasteiger charge is -2.26. The number of hydrogen-bond donors (Lipinski definition) is 1. The lowest BCUT2D eigenvalue weighted by molar-refractivity contribution is -0.118. The molecule has 1 aromatic carbocycles. The summed E-state index contributed by atoms with van der Waals surface area (Å²) < 4.78 is 35.4. The molecular weight excluding hydrogens is 392 g/mol. The van der Waals surface area contributed by atoms with Crippen LogP contribution in [-0.2, 0) is 19.4 Å². The maximum absolute atomic E-state index is 13.1. The molecule has 0 spiro atoms. The molecule has 4 rings (SSSR count). The average Bonchev–Trinajstić information content (AvgIpc) is 3.51. The van der Waals surface area contributed by atoms with Crippen LogP contribution in [0.15, 0.2) is 39.8 Å². The second-order valence-electron chi connectivity index (χ2n) is 7.97. The molecule has 2 heterocycles. The van der Waals surface area contributed by atoms with Crippen molar-refractivity contribution in [2.45, 2.75) is 55.1 Å². The molecule has 1 atom stereocenters. The van der Waals surface area contributed by atoms with Crippen molar-refractivity contribution >= 4 is 21.6 Å². The highest BCUT2D eigenvalue weighted by Gasteiger charge is 2.37. The fourth-order valence-corrected chi connectivity index (χ4v) is 5.47. The molecule has 7 nitrogen and oxygen atoms in total. The molecule has 1 N–H and O–H groups in total. The van der Waals surface area contributed by atoms with E-state index in [0.29, 0.717) is 42.0 Å². The highest BCUT2D eigenvalue weighted by atomic mass is 32.2. The molecule has 0 bridgehead atoms. The summed E-state index contributed by atoms with van der Waals surface area (Å²) in [5.41, 5.74) is 0.809. The largest absolute Gasteiger partial charge is 0.381 e. The number of anilines is 1. The molecular formula is C21H26N2O5S. The Bertz CT molecular complexity index is 957. The Balaban J connectivity index is 1.55. The van der Waals surface area contributed by atoms with Gasteiger partial charge in [-0.1, -0.05) is 17.3 Å². The molecule has 1 aromatic heterocycles. The Kier molecular flexibility index (Phi) is 5.74. The van der Waals surface area contributed by atoms with Crippen LogP contribution in [0.4, 0.5) is 5.82 Å². The molecule has 0 radical (unpaired) electrons. The Hall–Kier alpha value is -2.19. The van der Waals surface area contributed by atoms with Crippen molar-refractivity contribution in [3.8, 4) is 0 Å². The highest BCUT2D eigenvalue weighted by molar-refractivity contribution is 7.92. The molecule has 29 heavy (non-hydrogen) atoms. The zero-order chi connectivity index (χ0) is 20.4. The van der Waals surface area contributed by atoms with Crippen LogP contribution in [0.25, 0.3) is 0 Å². The first kappa shape index (κ1) is 20.1. The number of carbonyl (C=O) groups excluding carboxylic acids is 1. The van der Waals surface area contributed by atoms with Gasteiger partial charge < -0.3 is 14.6 Å². The van der Waals surface area contributed by atoms with E-state index in [-0.39, 0.29) is 11.2 Å². The van der Waals surface area contributed by atoms with Crippen LogP contribution in [0, 0.1) is 12.8 Å². The number of rotatable bonds is 7. The number of benzene rings is 1. The first-order valence-corrected chi connectivity index (χ1v) is 11.6. The molecule has 2 aliphatic rings. The van der Waals surface area contributed by atoms with E-state index in [0.717, 1.165) is 31.2 Å². The van der Waals surface area contributed by atoms with Crippen molar-refractivity contribution in [2.24, 2.45) is 5.92 Å². The number of ether oxygens (including phenoxy) is 1. The summed E-state index contributed by atoms with van der Waals surface area (Å²) in [5, 5.41) is 6.43. The second-order valence-corrected chi connectivity index (χ2v) is 10.2. The van der Waals surface area contributed by atoms with Gasteiger partial charge in [0.15, 0.2) is 15.7 Å². The van der Waals surface area contributed by atoms with Crippen molar-refractivity contribution in [2.75, 3.05) is 18.5 Å². The maximum Gasteiger partial charge on any atom is 0.233 e. The third-order valence-electron chi connectivity index (χ3n) is 5.68. The maximum atomic E-state index is 13.1. The Morgan fingerprint density at radius 2 is 1.86 bits per heavy atom. The summed E-state index contributed by atoms with van der Waals surface area (Å²) in [6.07, 6.45) is 3.98. The van der Waals surface area contributed by atoms with Crippen molar-refractivity contribution in [3.05, 3.63) is 41.7 Å². The summed E-state index contributed by atoms with van der Waals surface area (Å²) in [6, 6.07) is 8.48. The van der Waals surface area contributed by atoms with Crippen molar-refractivity contribution in [1.29, 1.82) is 0 Å². The second kappa shape index (κ2) is 8.28. The van der Waals surface area contributed by atoms with E-state index in [1.807, 2.05) is 0 Å². The normalized spacial score (nSPS) is 19.1. The minimum absolute atomic E-state index is 0.164. The van der Waals surface area contributed by atoms with Crippen LogP contribution in [0.5, 0.6) is 0 Å². The van der Waals surface area contributed by atoms with E-state index in [2.05, 4.69) is 10.5 Å². The number of sulfone groups is 1. The summed E-state index contributed by atoms with van der Waals surface area (Å²) >= 11 is 0. The first-order valence-electron chi connectivity index (χ1n) is 10.1. The standard InChI is InChI=1S/C21H26N2O5S/c1-14-12-20(23-28-14)22-21(24)19(13-15-8-10-27-11-9-15)16-2-4-17(5-3-16)29(25,26)18-6-7-18/h2-5,12,15,18-19H,6-11,13H2,1H3,(H,22,23,24). The number of hydrogen-bond acceptors (Lipinski definition) is 6. The number of carbonyl (C=O) groups is 1. The summed E-state index contributed by atoms with van der Waals surface area (Å²) in [7, 11) is -3.24. The van der Waals surface area contributed by atoms with Crippen LogP contribution in [0.1, 0.15) is 49.3 Å². The number of aryl methyl sites for hydroxylation is 1. The van der Waals surface area contributed by atoms with Gasteiger partial charge in [0.2, 0.25) is 5.91 Å². The van der Waals surface area contributed by atoms with E-state index in [4.69, 9.17) is 9.26 Å². The van der Waals surface area contributed by atoms with Gasteiger partial charge in [-0.3, -0.25) is 4.79 Å². The van der Waals surface area contributed by atoms with Gasteiger partial charge in [0.05, 0.1) is 16.1 Å². The number of nitrogens with one attached hydrogen (secondary N) is 1. The van der Waals surface area contributed by atoms with Gasteiger partial charge in [0.25, 0.3) is 0 Å². The third kappa shape index (κ3) is 4.70. The first-order chi connectivity index (χ1) is 13.9. The highest BCUT2D eigenvalue weighted by Crippen LogP contribution is 2.35. The van der Waals surface area contributed by atoms with Gasteiger partial charge >= 0.3 is 0 Å². The fraction of sp³-hybridized carbons (Fsp3) is 0.524. The molecule has 1 amide bonds. The molecule has 2 fully saturated rings. The van der Waals surface area contributed by atoms with Crippen LogP contribution < -0.4 is 5.32 Å². The summed E-state index contributed by atoms with van der Waals surface area (Å²) in [6.45, 7) is 3.18. The van der Waals surface area contributed by atoms with E-state index >= 15 is 0 Å². The topological polar surface area (TPSA) is 98.5 Å². The third-order valence-corrected chi connectivity index (χ3v) is 7.96. The minimum Gasteiger partial charge on any atom is -0.381 e. The van der Waals surface area contributed by atoms with Crippen LogP contribution >= 0.6 is 0 Å². The van der Waals surface area contributed by atoms with Crippen molar-refractivity contribution in [3.63, 3.8) is 0 Å². The monoisotopic (exact) mass is 418 g/mol. The molecule has 156 valence electrons. The van der Waals surface area contributed by atoms with E-state index < -0.39 is 15.8 Å². The Morgan fingerprint density at radius 1 is 1.17 bits per heavy atom. The van der Waals surface area contributed by atoms with Crippen LogP contribution in [0.2, 0.25) is 0 Å². The van der Waals surface area contributed by atoms with Gasteiger partial charge in [-0.15, -0.1) is 0 Å². The predicted molar refractivity (Wildman–Crippen MR) is 107 cm³/mol. The number of aromatic nitrogens is 1. The molecule has 1 aliphatic heterocycles. The fourth-order valence-electron chi connectivity index (χ4n) is 3.81. The molecule has 1 saturated carbocycles. The summed E-state index contributed by atoms with van der Waals surface area (Å²) in [4.78, 5) is 13.4.